The third kappa shape index (κ3) is 4.28. The van der Waals surface area contributed by atoms with Crippen molar-refractivity contribution >= 4 is 44.8 Å². The lowest BCUT2D eigenvalue weighted by Gasteiger charge is -2.23. The van der Waals surface area contributed by atoms with Gasteiger partial charge in [0.25, 0.3) is 0 Å². The molecule has 0 saturated carbocycles. The van der Waals surface area contributed by atoms with Crippen LogP contribution in [-0.2, 0) is 14.6 Å². The van der Waals surface area contributed by atoms with Gasteiger partial charge in [0.05, 0.1) is 17.3 Å². The molecule has 1 aromatic rings. The summed E-state index contributed by atoms with van der Waals surface area (Å²) < 4.78 is 22.9. The number of carbonyl (C=O) groups excluding carboxylic acids is 1. The van der Waals surface area contributed by atoms with Crippen molar-refractivity contribution in [3.63, 3.8) is 0 Å². The summed E-state index contributed by atoms with van der Waals surface area (Å²) in [5.74, 6) is 0.338. The fourth-order valence-electron chi connectivity index (χ4n) is 2.18. The number of hydrogen-bond acceptors (Lipinski definition) is 5. The molecule has 2 rings (SSSR count). The van der Waals surface area contributed by atoms with Crippen LogP contribution in [0.3, 0.4) is 0 Å². The largest absolute Gasteiger partial charge is 0.398 e. The summed E-state index contributed by atoms with van der Waals surface area (Å²) in [7, 11) is -1.34. The Kier molecular flexibility index (Phi) is 5.06. The van der Waals surface area contributed by atoms with E-state index < -0.39 is 9.84 Å². The van der Waals surface area contributed by atoms with Crippen LogP contribution in [0, 0.1) is 0 Å². The van der Waals surface area contributed by atoms with Crippen LogP contribution in [-0.4, -0.2) is 49.6 Å². The van der Waals surface area contributed by atoms with Gasteiger partial charge in [-0.3, -0.25) is 4.79 Å². The van der Waals surface area contributed by atoms with Crippen LogP contribution in [0.25, 0.3) is 0 Å². The van der Waals surface area contributed by atoms with Gasteiger partial charge in [0.2, 0.25) is 5.91 Å². The van der Waals surface area contributed by atoms with Crippen LogP contribution in [0.5, 0.6) is 0 Å². The molecular weight excluding hydrogens is 332 g/mol. The summed E-state index contributed by atoms with van der Waals surface area (Å²) in [6.07, 6.45) is 0.512. The Morgan fingerprint density at radius 2 is 2.24 bits per heavy atom. The van der Waals surface area contributed by atoms with E-state index in [-0.39, 0.29) is 29.2 Å². The number of sulfone groups is 1. The molecule has 5 nitrogen and oxygen atoms in total. The van der Waals surface area contributed by atoms with Gasteiger partial charge in [-0.05, 0) is 24.6 Å². The van der Waals surface area contributed by atoms with E-state index in [1.54, 1.807) is 25.2 Å². The van der Waals surface area contributed by atoms with Gasteiger partial charge in [-0.1, -0.05) is 11.6 Å². The fourth-order valence-corrected chi connectivity index (χ4v) is 5.00. The Hall–Kier alpha value is -0.920. The van der Waals surface area contributed by atoms with Gasteiger partial charge in [0.15, 0.2) is 9.84 Å². The van der Waals surface area contributed by atoms with Crippen LogP contribution in [0.4, 0.5) is 5.69 Å². The van der Waals surface area contributed by atoms with E-state index in [0.29, 0.717) is 17.1 Å². The maximum Gasteiger partial charge on any atom is 0.232 e. The molecule has 0 aliphatic carbocycles. The Labute approximate surface area is 133 Å². The highest BCUT2D eigenvalue weighted by Gasteiger charge is 2.32. The fraction of sp³-hybridized carbons (Fsp3) is 0.462. The molecule has 1 atom stereocenters. The van der Waals surface area contributed by atoms with Gasteiger partial charge >= 0.3 is 0 Å². The first-order valence-electron chi connectivity index (χ1n) is 6.42. The number of nitrogens with two attached hydrogens (primary N) is 1. The maximum absolute atomic E-state index is 12.1. The summed E-state index contributed by atoms with van der Waals surface area (Å²) >= 11 is 7.15. The third-order valence-electron chi connectivity index (χ3n) is 3.47. The SMILES string of the molecule is CN(C(=O)CSc1ccc(Cl)cc1N)C1CCS(=O)(=O)C1. The smallest absolute Gasteiger partial charge is 0.232 e. The minimum atomic E-state index is -2.99. The van der Waals surface area contributed by atoms with Crippen molar-refractivity contribution in [1.82, 2.24) is 4.90 Å². The van der Waals surface area contributed by atoms with E-state index in [1.807, 2.05) is 0 Å². The molecular formula is C13H17ClN2O3S2. The lowest BCUT2D eigenvalue weighted by Crippen LogP contribution is -2.38. The van der Waals surface area contributed by atoms with Gasteiger partial charge in [0, 0.05) is 28.7 Å². The van der Waals surface area contributed by atoms with Gasteiger partial charge in [0.1, 0.15) is 0 Å². The van der Waals surface area contributed by atoms with Crippen molar-refractivity contribution in [3.05, 3.63) is 23.2 Å². The molecule has 1 amide bonds. The van der Waals surface area contributed by atoms with Crippen molar-refractivity contribution in [3.8, 4) is 0 Å². The predicted octanol–water partition coefficient (Wildman–Crippen LogP) is 1.66. The van der Waals surface area contributed by atoms with Crippen LogP contribution >= 0.6 is 23.4 Å². The predicted molar refractivity (Wildman–Crippen MR) is 86.4 cm³/mol. The minimum Gasteiger partial charge on any atom is -0.398 e. The van der Waals surface area contributed by atoms with Crippen molar-refractivity contribution < 1.29 is 13.2 Å². The molecule has 1 fully saturated rings. The number of anilines is 1. The number of halogens is 1. The molecule has 8 heteroatoms. The number of benzene rings is 1. The lowest BCUT2D eigenvalue weighted by atomic mass is 10.2. The van der Waals surface area contributed by atoms with Crippen molar-refractivity contribution in [2.45, 2.75) is 17.4 Å². The average Bonchev–Trinajstić information content (AvgIpc) is 2.77. The van der Waals surface area contributed by atoms with Gasteiger partial charge in [-0.25, -0.2) is 8.42 Å². The second-order valence-corrected chi connectivity index (χ2v) is 8.71. The monoisotopic (exact) mass is 348 g/mol. The quantitative estimate of drug-likeness (QED) is 0.661. The summed E-state index contributed by atoms with van der Waals surface area (Å²) in [6.45, 7) is 0. The summed E-state index contributed by atoms with van der Waals surface area (Å²) in [6, 6.07) is 4.92. The molecule has 1 saturated heterocycles. The lowest BCUT2D eigenvalue weighted by molar-refractivity contribution is -0.128. The van der Waals surface area contributed by atoms with E-state index >= 15 is 0 Å². The summed E-state index contributed by atoms with van der Waals surface area (Å²) in [4.78, 5) is 14.5. The Morgan fingerprint density at radius 1 is 1.52 bits per heavy atom. The van der Waals surface area contributed by atoms with Gasteiger partial charge in [-0.2, -0.15) is 0 Å². The van der Waals surface area contributed by atoms with Crippen LogP contribution in [0.1, 0.15) is 6.42 Å². The van der Waals surface area contributed by atoms with E-state index in [1.165, 1.54) is 16.7 Å². The number of hydrogen-bond donors (Lipinski definition) is 1. The average molecular weight is 349 g/mol. The van der Waals surface area contributed by atoms with Crippen LogP contribution in [0.15, 0.2) is 23.1 Å². The number of thioether (sulfide) groups is 1. The van der Waals surface area contributed by atoms with Crippen molar-refractivity contribution in [2.75, 3.05) is 30.0 Å². The molecule has 0 bridgehead atoms. The molecule has 1 aromatic carbocycles. The zero-order chi connectivity index (χ0) is 15.6. The zero-order valence-electron chi connectivity index (χ0n) is 11.6. The highest BCUT2D eigenvalue weighted by atomic mass is 35.5. The molecule has 21 heavy (non-hydrogen) atoms. The zero-order valence-corrected chi connectivity index (χ0v) is 14.0. The van der Waals surface area contributed by atoms with Crippen LogP contribution in [0.2, 0.25) is 5.02 Å². The Bertz CT molecular complexity index is 649. The van der Waals surface area contributed by atoms with E-state index in [0.717, 1.165) is 4.90 Å². The molecule has 1 aliphatic heterocycles. The van der Waals surface area contributed by atoms with E-state index in [9.17, 15) is 13.2 Å². The highest BCUT2D eigenvalue weighted by Crippen LogP contribution is 2.28. The Balaban J connectivity index is 1.92. The maximum atomic E-state index is 12.1. The number of rotatable bonds is 4. The summed E-state index contributed by atoms with van der Waals surface area (Å²) in [5, 5.41) is 0.552. The number of nitrogens with zero attached hydrogens (tertiary/aromatic N) is 1. The normalized spacial score (nSPS) is 20.4. The van der Waals surface area contributed by atoms with Gasteiger partial charge < -0.3 is 10.6 Å². The second-order valence-electron chi connectivity index (χ2n) is 5.03. The van der Waals surface area contributed by atoms with Crippen LogP contribution < -0.4 is 5.73 Å². The number of amides is 1. The molecule has 0 spiro atoms. The number of carbonyl (C=O) groups is 1. The standard InChI is InChI=1S/C13H17ClN2O3S2/c1-16(10-4-5-21(18,19)8-10)13(17)7-20-12-3-2-9(14)6-11(12)15/h2-3,6,10H,4-5,7-8,15H2,1H3. The molecule has 0 aromatic heterocycles. The Morgan fingerprint density at radius 3 is 2.81 bits per heavy atom. The van der Waals surface area contributed by atoms with E-state index in [2.05, 4.69) is 0 Å². The first-order chi connectivity index (χ1) is 9.78. The third-order valence-corrected chi connectivity index (χ3v) is 6.53. The minimum absolute atomic E-state index is 0.0585. The van der Waals surface area contributed by atoms with Crippen molar-refractivity contribution in [2.24, 2.45) is 0 Å². The molecule has 1 heterocycles. The molecule has 2 N–H and O–H groups in total. The first-order valence-corrected chi connectivity index (χ1v) is 9.61. The molecule has 1 aliphatic rings. The highest BCUT2D eigenvalue weighted by molar-refractivity contribution is 8.00. The molecule has 0 radical (unpaired) electrons. The second kappa shape index (κ2) is 6.46. The molecule has 1 unspecified atom stereocenters. The first kappa shape index (κ1) is 16.5. The topological polar surface area (TPSA) is 80.5 Å². The van der Waals surface area contributed by atoms with Crippen molar-refractivity contribution in [1.29, 1.82) is 0 Å². The number of nitrogen functional groups attached to an aromatic ring is 1. The van der Waals surface area contributed by atoms with E-state index in [4.69, 9.17) is 17.3 Å². The van der Waals surface area contributed by atoms with Gasteiger partial charge in [-0.15, -0.1) is 11.8 Å². The summed E-state index contributed by atoms with van der Waals surface area (Å²) in [5.41, 5.74) is 6.37. The molecule has 116 valence electrons.